The summed E-state index contributed by atoms with van der Waals surface area (Å²) in [5.41, 5.74) is 2.85. The van der Waals surface area contributed by atoms with Gasteiger partial charge in [0, 0.05) is 19.8 Å². The Morgan fingerprint density at radius 1 is 1.44 bits per heavy atom. The third-order valence-electron chi connectivity index (χ3n) is 1.89. The molecule has 2 nitrogen and oxygen atoms in total. The maximum absolute atomic E-state index is 3.30. The van der Waals surface area contributed by atoms with Crippen molar-refractivity contribution >= 4 is 0 Å². The highest BCUT2D eigenvalue weighted by atomic mass is 14.9. The number of fused-ring (bicyclic) bond motifs is 1. The lowest BCUT2D eigenvalue weighted by molar-refractivity contribution is -0.396. The van der Waals surface area contributed by atoms with Gasteiger partial charge in [-0.3, -0.25) is 0 Å². The zero-order valence-electron chi connectivity index (χ0n) is 5.62. The van der Waals surface area contributed by atoms with Crippen molar-refractivity contribution in [3.63, 3.8) is 0 Å². The Morgan fingerprint density at radius 3 is 3.11 bits per heavy atom. The van der Waals surface area contributed by atoms with Crippen LogP contribution in [0.5, 0.6) is 0 Å². The molecule has 0 aliphatic heterocycles. The Labute approximate surface area is 54.3 Å². The van der Waals surface area contributed by atoms with Crippen LogP contribution in [0.25, 0.3) is 0 Å². The number of imidazole rings is 1. The van der Waals surface area contributed by atoms with Crippen LogP contribution in [-0.2, 0) is 12.8 Å². The van der Waals surface area contributed by atoms with Crippen LogP contribution in [0.4, 0.5) is 0 Å². The summed E-state index contributed by atoms with van der Waals surface area (Å²) in [6.45, 7) is 2.07. The molecule has 0 atom stereocenters. The monoisotopic (exact) mass is 123 g/mol. The summed E-state index contributed by atoms with van der Waals surface area (Å²) in [6, 6.07) is 0. The predicted molar refractivity (Wildman–Crippen MR) is 34.1 cm³/mol. The zero-order chi connectivity index (χ0) is 6.27. The lowest BCUT2D eigenvalue weighted by Gasteiger charge is -1.76. The molecule has 1 aliphatic carbocycles. The molecule has 0 radical (unpaired) electrons. The number of rotatable bonds is 0. The molecule has 0 aromatic carbocycles. The number of aromatic amines is 2. The standard InChI is InChI=1S/C7H10N2/c1-5-8-6-3-2-4-7(6)9-5/h2-4H2,1H3,(H,8,9)/p+1. The van der Waals surface area contributed by atoms with Gasteiger partial charge in [-0.2, -0.15) is 0 Å². The summed E-state index contributed by atoms with van der Waals surface area (Å²) in [7, 11) is 0. The molecule has 1 aromatic rings. The second-order valence-electron chi connectivity index (χ2n) is 2.69. The van der Waals surface area contributed by atoms with Gasteiger partial charge in [0.25, 0.3) is 0 Å². The summed E-state index contributed by atoms with van der Waals surface area (Å²) < 4.78 is 0. The number of nitrogens with one attached hydrogen (secondary N) is 2. The normalized spacial score (nSPS) is 16.1. The average Bonchev–Trinajstić information content (AvgIpc) is 2.22. The minimum atomic E-state index is 1.19. The third-order valence-corrected chi connectivity index (χ3v) is 1.89. The maximum Gasteiger partial charge on any atom is 0.249 e. The summed E-state index contributed by atoms with van der Waals surface area (Å²) in [5.74, 6) is 1.19. The van der Waals surface area contributed by atoms with Crippen LogP contribution in [0.15, 0.2) is 0 Å². The fourth-order valence-corrected chi connectivity index (χ4v) is 1.50. The molecule has 0 saturated heterocycles. The number of H-pyrrole nitrogens is 2. The van der Waals surface area contributed by atoms with Gasteiger partial charge >= 0.3 is 0 Å². The molecule has 2 N–H and O–H groups in total. The van der Waals surface area contributed by atoms with E-state index in [1.165, 1.54) is 36.5 Å². The number of aromatic nitrogens is 2. The first-order chi connectivity index (χ1) is 4.36. The van der Waals surface area contributed by atoms with Crippen LogP contribution in [0, 0.1) is 6.92 Å². The van der Waals surface area contributed by atoms with E-state index < -0.39 is 0 Å². The fourth-order valence-electron chi connectivity index (χ4n) is 1.50. The average molecular weight is 123 g/mol. The van der Waals surface area contributed by atoms with E-state index in [-0.39, 0.29) is 0 Å². The molecular formula is C7H11N2+. The molecule has 1 aliphatic rings. The minimum absolute atomic E-state index is 1.19. The van der Waals surface area contributed by atoms with Crippen LogP contribution < -0.4 is 4.98 Å². The molecule has 48 valence electrons. The second kappa shape index (κ2) is 1.59. The minimum Gasteiger partial charge on any atom is -0.245 e. The van der Waals surface area contributed by atoms with Crippen LogP contribution >= 0.6 is 0 Å². The fraction of sp³-hybridized carbons (Fsp3) is 0.571. The number of hydrogen-bond acceptors (Lipinski definition) is 0. The van der Waals surface area contributed by atoms with E-state index in [1.807, 2.05) is 0 Å². The zero-order valence-corrected chi connectivity index (χ0v) is 5.62. The molecule has 2 heteroatoms. The summed E-state index contributed by atoms with van der Waals surface area (Å²) in [5, 5.41) is 0. The Morgan fingerprint density at radius 2 is 2.33 bits per heavy atom. The summed E-state index contributed by atoms with van der Waals surface area (Å²) in [6.07, 6.45) is 3.79. The highest BCUT2D eigenvalue weighted by Crippen LogP contribution is 2.14. The van der Waals surface area contributed by atoms with Crippen LogP contribution in [0.3, 0.4) is 0 Å². The topological polar surface area (TPSA) is 29.9 Å². The molecule has 1 heterocycles. The first-order valence-electron chi connectivity index (χ1n) is 3.46. The van der Waals surface area contributed by atoms with E-state index in [9.17, 15) is 0 Å². The maximum atomic E-state index is 3.30. The van der Waals surface area contributed by atoms with E-state index >= 15 is 0 Å². The van der Waals surface area contributed by atoms with E-state index in [0.717, 1.165) is 0 Å². The van der Waals surface area contributed by atoms with E-state index in [4.69, 9.17) is 0 Å². The molecule has 0 amide bonds. The van der Waals surface area contributed by atoms with Gasteiger partial charge in [0.05, 0.1) is 0 Å². The van der Waals surface area contributed by atoms with E-state index in [0.29, 0.717) is 0 Å². The third kappa shape index (κ3) is 0.661. The van der Waals surface area contributed by atoms with Crippen molar-refractivity contribution in [3.8, 4) is 0 Å². The van der Waals surface area contributed by atoms with Gasteiger partial charge in [-0.25, -0.2) is 9.97 Å². The SMILES string of the molecule is Cc1[nH]c2c([nH+]1)CCC2. The van der Waals surface area contributed by atoms with E-state index in [1.54, 1.807) is 0 Å². The van der Waals surface area contributed by atoms with Crippen molar-refractivity contribution in [3.05, 3.63) is 17.2 Å². The lowest BCUT2D eigenvalue weighted by atomic mass is 10.4. The van der Waals surface area contributed by atoms with Gasteiger partial charge in [-0.1, -0.05) is 0 Å². The molecule has 0 bridgehead atoms. The van der Waals surface area contributed by atoms with Gasteiger partial charge in [0.15, 0.2) is 0 Å². The smallest absolute Gasteiger partial charge is 0.245 e. The Hall–Kier alpha value is -0.790. The quantitative estimate of drug-likeness (QED) is 0.524. The largest absolute Gasteiger partial charge is 0.249 e. The van der Waals surface area contributed by atoms with Gasteiger partial charge in [-0.15, -0.1) is 0 Å². The van der Waals surface area contributed by atoms with Gasteiger partial charge in [0.2, 0.25) is 5.82 Å². The second-order valence-corrected chi connectivity index (χ2v) is 2.69. The predicted octanol–water partition coefficient (Wildman–Crippen LogP) is 0.626. The Balaban J connectivity index is 2.51. The molecule has 0 spiro atoms. The van der Waals surface area contributed by atoms with Gasteiger partial charge in [0.1, 0.15) is 11.4 Å². The molecule has 0 saturated carbocycles. The molecule has 2 rings (SSSR count). The Bertz CT molecular complexity index is 203. The number of aryl methyl sites for hydroxylation is 3. The van der Waals surface area contributed by atoms with Gasteiger partial charge in [-0.05, 0) is 6.42 Å². The molecule has 9 heavy (non-hydrogen) atoms. The van der Waals surface area contributed by atoms with Crippen molar-refractivity contribution in [2.75, 3.05) is 0 Å². The van der Waals surface area contributed by atoms with Crippen molar-refractivity contribution in [2.45, 2.75) is 26.2 Å². The molecular weight excluding hydrogens is 112 g/mol. The van der Waals surface area contributed by atoms with Crippen LogP contribution in [0.2, 0.25) is 0 Å². The molecule has 0 fully saturated rings. The summed E-state index contributed by atoms with van der Waals surface area (Å²) in [4.78, 5) is 6.60. The van der Waals surface area contributed by atoms with Gasteiger partial charge < -0.3 is 0 Å². The first-order valence-corrected chi connectivity index (χ1v) is 3.46. The Kier molecular flexibility index (Phi) is 0.891. The molecule has 0 unspecified atom stereocenters. The highest BCUT2D eigenvalue weighted by molar-refractivity contribution is 5.12. The first kappa shape index (κ1) is 5.03. The lowest BCUT2D eigenvalue weighted by Crippen LogP contribution is -2.07. The summed E-state index contributed by atoms with van der Waals surface area (Å²) >= 11 is 0. The van der Waals surface area contributed by atoms with Crippen LogP contribution in [0.1, 0.15) is 23.6 Å². The van der Waals surface area contributed by atoms with Crippen molar-refractivity contribution < 1.29 is 4.98 Å². The molecule has 1 aromatic heterocycles. The van der Waals surface area contributed by atoms with Crippen molar-refractivity contribution in [1.29, 1.82) is 0 Å². The van der Waals surface area contributed by atoms with Crippen molar-refractivity contribution in [1.82, 2.24) is 4.98 Å². The highest BCUT2D eigenvalue weighted by Gasteiger charge is 2.19. The van der Waals surface area contributed by atoms with Crippen molar-refractivity contribution in [2.24, 2.45) is 0 Å². The van der Waals surface area contributed by atoms with Crippen LogP contribution in [-0.4, -0.2) is 4.98 Å². The van der Waals surface area contributed by atoms with E-state index in [2.05, 4.69) is 16.9 Å². The number of hydrogen-bond donors (Lipinski definition) is 1.